The van der Waals surface area contributed by atoms with Gasteiger partial charge in [-0.25, -0.2) is 0 Å². The zero-order chi connectivity index (χ0) is 12.8. The molecule has 0 heterocycles. The predicted octanol–water partition coefficient (Wildman–Crippen LogP) is 2.97. The van der Waals surface area contributed by atoms with Crippen molar-refractivity contribution in [3.05, 3.63) is 47.5 Å². The van der Waals surface area contributed by atoms with Crippen LogP contribution in [0.3, 0.4) is 0 Å². The molecule has 0 amide bonds. The third-order valence-corrected chi connectivity index (χ3v) is 3.47. The van der Waals surface area contributed by atoms with Crippen molar-refractivity contribution in [1.82, 2.24) is 0 Å². The summed E-state index contributed by atoms with van der Waals surface area (Å²) in [5.74, 6) is 0. The molecule has 0 unspecified atom stereocenters. The first-order valence-electron chi connectivity index (χ1n) is 6.76. The Hall–Kier alpha value is -1.38. The zero-order valence-corrected chi connectivity index (χ0v) is 10.9. The molecule has 0 aliphatic rings. The van der Waals surface area contributed by atoms with E-state index >= 15 is 0 Å². The lowest BCUT2D eigenvalue weighted by molar-refractivity contribution is 0.688. The summed E-state index contributed by atoms with van der Waals surface area (Å²) in [7, 11) is 0. The van der Waals surface area contributed by atoms with Crippen molar-refractivity contribution < 1.29 is 0 Å². The molecule has 0 saturated heterocycles. The Balaban J connectivity index is 2.23. The van der Waals surface area contributed by atoms with Gasteiger partial charge in [-0.1, -0.05) is 42.8 Å². The molecule has 0 radical (unpaired) electrons. The summed E-state index contributed by atoms with van der Waals surface area (Å²) in [5, 5.41) is 2.66. The maximum absolute atomic E-state index is 5.79. The fourth-order valence-electron chi connectivity index (χ4n) is 2.46. The summed E-state index contributed by atoms with van der Waals surface area (Å²) in [4.78, 5) is 0. The molecule has 2 aromatic rings. The van der Waals surface area contributed by atoms with Crippen molar-refractivity contribution in [2.45, 2.75) is 32.2 Å². The van der Waals surface area contributed by atoms with E-state index in [-0.39, 0.29) is 0 Å². The number of hydrogen-bond donors (Lipinski definition) is 2. The Morgan fingerprint density at radius 2 is 1.39 bits per heavy atom. The molecule has 2 heteroatoms. The smallest absolute Gasteiger partial charge is 0.0184 e. The van der Waals surface area contributed by atoms with Gasteiger partial charge in [0, 0.05) is 6.54 Å². The van der Waals surface area contributed by atoms with Crippen LogP contribution >= 0.6 is 0 Å². The topological polar surface area (TPSA) is 52.0 Å². The van der Waals surface area contributed by atoms with Crippen LogP contribution in [0.25, 0.3) is 10.8 Å². The molecule has 0 atom stereocenters. The van der Waals surface area contributed by atoms with Crippen LogP contribution in [-0.2, 0) is 13.0 Å². The fourth-order valence-corrected chi connectivity index (χ4v) is 2.46. The van der Waals surface area contributed by atoms with E-state index in [1.807, 2.05) is 0 Å². The molecule has 0 aliphatic heterocycles. The number of rotatable bonds is 6. The SMILES string of the molecule is NCCCCCc1ccc(CN)c2ccccc12. The van der Waals surface area contributed by atoms with E-state index in [0.29, 0.717) is 6.54 Å². The highest BCUT2D eigenvalue weighted by Crippen LogP contribution is 2.24. The average molecular weight is 242 g/mol. The molecule has 4 N–H and O–H groups in total. The van der Waals surface area contributed by atoms with Gasteiger partial charge in [0.25, 0.3) is 0 Å². The van der Waals surface area contributed by atoms with Crippen LogP contribution in [0.5, 0.6) is 0 Å². The van der Waals surface area contributed by atoms with Gasteiger partial charge in [-0.3, -0.25) is 0 Å². The number of fused-ring (bicyclic) bond motifs is 1. The molecule has 2 nitrogen and oxygen atoms in total. The maximum Gasteiger partial charge on any atom is 0.0184 e. The predicted molar refractivity (Wildman–Crippen MR) is 78.4 cm³/mol. The van der Waals surface area contributed by atoms with Crippen molar-refractivity contribution >= 4 is 10.8 Å². The van der Waals surface area contributed by atoms with Crippen LogP contribution in [0.2, 0.25) is 0 Å². The van der Waals surface area contributed by atoms with Crippen LogP contribution in [0.4, 0.5) is 0 Å². The van der Waals surface area contributed by atoms with E-state index < -0.39 is 0 Å². The highest BCUT2D eigenvalue weighted by atomic mass is 14.5. The van der Waals surface area contributed by atoms with E-state index in [2.05, 4.69) is 36.4 Å². The Bertz CT molecular complexity index is 505. The van der Waals surface area contributed by atoms with E-state index in [4.69, 9.17) is 11.5 Å². The first-order chi connectivity index (χ1) is 8.86. The average Bonchev–Trinajstić information content (AvgIpc) is 2.43. The number of benzene rings is 2. The normalized spacial score (nSPS) is 11.0. The molecular weight excluding hydrogens is 220 g/mol. The second kappa shape index (κ2) is 6.53. The Morgan fingerprint density at radius 1 is 0.722 bits per heavy atom. The summed E-state index contributed by atoms with van der Waals surface area (Å²) in [5.41, 5.74) is 14.0. The fraction of sp³-hybridized carbons (Fsp3) is 0.375. The molecule has 96 valence electrons. The van der Waals surface area contributed by atoms with Crippen molar-refractivity contribution in [2.75, 3.05) is 6.54 Å². The number of hydrogen-bond acceptors (Lipinski definition) is 2. The minimum absolute atomic E-state index is 0.605. The molecule has 2 rings (SSSR count). The molecule has 0 aromatic heterocycles. The second-order valence-electron chi connectivity index (χ2n) is 4.73. The first kappa shape index (κ1) is 13.1. The first-order valence-corrected chi connectivity index (χ1v) is 6.76. The van der Waals surface area contributed by atoms with Crippen molar-refractivity contribution in [2.24, 2.45) is 11.5 Å². The van der Waals surface area contributed by atoms with Gasteiger partial charge in [0.15, 0.2) is 0 Å². The largest absolute Gasteiger partial charge is 0.330 e. The molecule has 0 fully saturated rings. The number of nitrogens with two attached hydrogens (primary N) is 2. The second-order valence-corrected chi connectivity index (χ2v) is 4.73. The van der Waals surface area contributed by atoms with Gasteiger partial charge in [-0.2, -0.15) is 0 Å². The van der Waals surface area contributed by atoms with Crippen molar-refractivity contribution in [3.63, 3.8) is 0 Å². The van der Waals surface area contributed by atoms with Gasteiger partial charge in [-0.05, 0) is 47.7 Å². The van der Waals surface area contributed by atoms with Crippen LogP contribution in [-0.4, -0.2) is 6.54 Å². The van der Waals surface area contributed by atoms with Crippen LogP contribution in [0.1, 0.15) is 30.4 Å². The van der Waals surface area contributed by atoms with Gasteiger partial charge in [0.1, 0.15) is 0 Å². The van der Waals surface area contributed by atoms with Gasteiger partial charge in [-0.15, -0.1) is 0 Å². The Morgan fingerprint density at radius 3 is 2.06 bits per heavy atom. The van der Waals surface area contributed by atoms with E-state index in [9.17, 15) is 0 Å². The lowest BCUT2D eigenvalue weighted by Gasteiger charge is -2.10. The van der Waals surface area contributed by atoms with E-state index in [1.54, 1.807) is 0 Å². The van der Waals surface area contributed by atoms with Crippen LogP contribution in [0.15, 0.2) is 36.4 Å². The lowest BCUT2D eigenvalue weighted by atomic mass is 9.96. The van der Waals surface area contributed by atoms with E-state index in [1.165, 1.54) is 34.7 Å². The van der Waals surface area contributed by atoms with Crippen molar-refractivity contribution in [1.29, 1.82) is 0 Å². The minimum atomic E-state index is 0.605. The summed E-state index contributed by atoms with van der Waals surface area (Å²) in [6.07, 6.45) is 4.68. The third kappa shape index (κ3) is 2.89. The third-order valence-electron chi connectivity index (χ3n) is 3.47. The van der Waals surface area contributed by atoms with Gasteiger partial charge in [0.2, 0.25) is 0 Å². The summed E-state index contributed by atoms with van der Waals surface area (Å²) >= 11 is 0. The van der Waals surface area contributed by atoms with Crippen LogP contribution < -0.4 is 11.5 Å². The van der Waals surface area contributed by atoms with Gasteiger partial charge >= 0.3 is 0 Å². The Kier molecular flexibility index (Phi) is 4.73. The Labute approximate surface area is 109 Å². The lowest BCUT2D eigenvalue weighted by Crippen LogP contribution is -2.00. The highest BCUT2D eigenvalue weighted by Gasteiger charge is 2.04. The van der Waals surface area contributed by atoms with Crippen LogP contribution in [0, 0.1) is 0 Å². The summed E-state index contributed by atoms with van der Waals surface area (Å²) in [6, 6.07) is 13.0. The molecule has 0 saturated carbocycles. The summed E-state index contributed by atoms with van der Waals surface area (Å²) < 4.78 is 0. The zero-order valence-electron chi connectivity index (χ0n) is 10.9. The molecule has 0 aliphatic carbocycles. The van der Waals surface area contributed by atoms with Gasteiger partial charge < -0.3 is 11.5 Å². The molecular formula is C16H22N2. The minimum Gasteiger partial charge on any atom is -0.330 e. The quantitative estimate of drug-likeness (QED) is 0.765. The van der Waals surface area contributed by atoms with Gasteiger partial charge in [0.05, 0.1) is 0 Å². The molecule has 18 heavy (non-hydrogen) atoms. The van der Waals surface area contributed by atoms with Crippen molar-refractivity contribution in [3.8, 4) is 0 Å². The standard InChI is InChI=1S/C16H22N2/c17-11-5-1-2-6-13-9-10-14(12-18)16-8-4-3-7-15(13)16/h3-4,7-10H,1-2,5-6,11-12,17-18H2. The molecule has 2 aromatic carbocycles. The highest BCUT2D eigenvalue weighted by molar-refractivity contribution is 5.88. The monoisotopic (exact) mass is 242 g/mol. The molecule has 0 spiro atoms. The van der Waals surface area contributed by atoms with E-state index in [0.717, 1.165) is 19.4 Å². The molecule has 0 bridgehead atoms. The number of unbranched alkanes of at least 4 members (excludes halogenated alkanes) is 2. The summed E-state index contributed by atoms with van der Waals surface area (Å²) in [6.45, 7) is 1.40. The maximum atomic E-state index is 5.79. The number of aryl methyl sites for hydroxylation is 1.